The van der Waals surface area contributed by atoms with Gasteiger partial charge in [-0.25, -0.2) is 0 Å². The summed E-state index contributed by atoms with van der Waals surface area (Å²) >= 11 is 0. The van der Waals surface area contributed by atoms with Gasteiger partial charge in [0, 0.05) is 19.3 Å². The van der Waals surface area contributed by atoms with E-state index in [9.17, 15) is 14.4 Å². The summed E-state index contributed by atoms with van der Waals surface area (Å²) in [5.41, 5.74) is 0. The van der Waals surface area contributed by atoms with Crippen molar-refractivity contribution in [2.24, 2.45) is 0 Å². The van der Waals surface area contributed by atoms with Gasteiger partial charge in [0.15, 0.2) is 6.10 Å². The maximum Gasteiger partial charge on any atom is 0.306 e. The zero-order chi connectivity index (χ0) is 54.3. The highest BCUT2D eigenvalue weighted by molar-refractivity contribution is 5.71. The Balaban J connectivity index is 4.09. The Morgan fingerprint density at radius 3 is 0.747 bits per heavy atom. The molecule has 0 bridgehead atoms. The zero-order valence-electron chi connectivity index (χ0n) is 50.6. The minimum atomic E-state index is -0.772. The van der Waals surface area contributed by atoms with Crippen LogP contribution in [0.15, 0.2) is 36.5 Å². The van der Waals surface area contributed by atoms with Gasteiger partial charge in [0.2, 0.25) is 0 Å². The molecule has 440 valence electrons. The van der Waals surface area contributed by atoms with Crippen LogP contribution in [0.2, 0.25) is 0 Å². The molecule has 1 unspecified atom stereocenters. The number of esters is 3. The molecule has 0 aliphatic rings. The summed E-state index contributed by atoms with van der Waals surface area (Å²) in [6, 6.07) is 0. The Morgan fingerprint density at radius 1 is 0.267 bits per heavy atom. The highest BCUT2D eigenvalue weighted by Gasteiger charge is 2.19. The molecule has 1 atom stereocenters. The lowest BCUT2D eigenvalue weighted by Crippen LogP contribution is -2.30. The number of hydrogen-bond acceptors (Lipinski definition) is 6. The fraction of sp³-hybridized carbons (Fsp3) is 0.870. The third kappa shape index (κ3) is 62.4. The first-order chi connectivity index (χ1) is 37.0. The summed E-state index contributed by atoms with van der Waals surface area (Å²) < 4.78 is 16.9. The Hall–Kier alpha value is -2.37. The van der Waals surface area contributed by atoms with Crippen LogP contribution >= 0.6 is 0 Å². The van der Waals surface area contributed by atoms with Crippen molar-refractivity contribution >= 4 is 17.9 Å². The maximum absolute atomic E-state index is 12.9. The van der Waals surface area contributed by atoms with Crippen molar-refractivity contribution in [3.8, 4) is 0 Å². The molecule has 0 aromatic carbocycles. The lowest BCUT2D eigenvalue weighted by molar-refractivity contribution is -0.167. The molecule has 0 amide bonds. The first-order valence-corrected chi connectivity index (χ1v) is 33.5. The topological polar surface area (TPSA) is 78.9 Å². The zero-order valence-corrected chi connectivity index (χ0v) is 50.6. The second-order valence-corrected chi connectivity index (χ2v) is 22.7. The molecular formula is C69H128O6. The minimum Gasteiger partial charge on any atom is -0.462 e. The molecule has 0 rings (SSSR count). The van der Waals surface area contributed by atoms with E-state index in [0.29, 0.717) is 19.3 Å². The fourth-order valence-corrected chi connectivity index (χ4v) is 10.1. The van der Waals surface area contributed by atoms with Crippen LogP contribution < -0.4 is 0 Å². The average molecular weight is 1050 g/mol. The lowest BCUT2D eigenvalue weighted by Gasteiger charge is -2.18. The van der Waals surface area contributed by atoms with E-state index in [1.54, 1.807) is 0 Å². The van der Waals surface area contributed by atoms with Gasteiger partial charge in [-0.1, -0.05) is 308 Å². The molecule has 0 aromatic heterocycles. The van der Waals surface area contributed by atoms with Crippen LogP contribution in [0.4, 0.5) is 0 Å². The summed E-state index contributed by atoms with van der Waals surface area (Å²) in [5, 5.41) is 0. The highest BCUT2D eigenvalue weighted by Crippen LogP contribution is 2.18. The van der Waals surface area contributed by atoms with Crippen LogP contribution in [0.25, 0.3) is 0 Å². The van der Waals surface area contributed by atoms with E-state index in [0.717, 1.165) is 70.6 Å². The molecule has 0 fully saturated rings. The van der Waals surface area contributed by atoms with Crippen LogP contribution in [-0.2, 0) is 28.6 Å². The summed E-state index contributed by atoms with van der Waals surface area (Å²) in [4.78, 5) is 38.2. The highest BCUT2D eigenvalue weighted by atomic mass is 16.6. The van der Waals surface area contributed by atoms with Crippen molar-refractivity contribution in [2.75, 3.05) is 13.2 Å². The first-order valence-electron chi connectivity index (χ1n) is 33.5. The third-order valence-electron chi connectivity index (χ3n) is 15.1. The van der Waals surface area contributed by atoms with Crippen molar-refractivity contribution in [3.05, 3.63) is 36.5 Å². The molecule has 0 radical (unpaired) electrons. The van der Waals surface area contributed by atoms with Gasteiger partial charge in [0.05, 0.1) is 0 Å². The van der Waals surface area contributed by atoms with Crippen LogP contribution in [0, 0.1) is 0 Å². The smallest absolute Gasteiger partial charge is 0.306 e. The quantitative estimate of drug-likeness (QED) is 0.0261. The van der Waals surface area contributed by atoms with Gasteiger partial charge in [0.25, 0.3) is 0 Å². The number of allylic oxidation sites excluding steroid dienone is 6. The summed E-state index contributed by atoms with van der Waals surface area (Å²) in [6.45, 7) is 6.66. The van der Waals surface area contributed by atoms with Crippen LogP contribution in [-0.4, -0.2) is 37.2 Å². The van der Waals surface area contributed by atoms with E-state index >= 15 is 0 Å². The molecule has 6 heteroatoms. The number of rotatable bonds is 62. The minimum absolute atomic E-state index is 0.0698. The second-order valence-electron chi connectivity index (χ2n) is 22.7. The molecule has 0 saturated heterocycles. The van der Waals surface area contributed by atoms with Gasteiger partial charge in [-0.3, -0.25) is 14.4 Å². The molecular weight excluding hydrogens is 925 g/mol. The van der Waals surface area contributed by atoms with E-state index in [-0.39, 0.29) is 31.1 Å². The Kier molecular flexibility index (Phi) is 62.1. The molecule has 0 aliphatic heterocycles. The van der Waals surface area contributed by atoms with E-state index in [2.05, 4.69) is 57.2 Å². The SMILES string of the molecule is CCCCCCC/C=C\C/C=C\CCCCCCCCCCCCCCCCCCCCCC(=O)OCC(COC(=O)CCCCCCCCCCCCCC)OC(=O)CCCCCCC/C=C\CCCCCCC. The number of unbranched alkanes of at least 4 members (excludes halogenated alkanes) is 45. The molecule has 75 heavy (non-hydrogen) atoms. The van der Waals surface area contributed by atoms with Crippen molar-refractivity contribution < 1.29 is 28.6 Å². The van der Waals surface area contributed by atoms with Gasteiger partial charge in [-0.15, -0.1) is 0 Å². The molecule has 0 aromatic rings. The molecule has 0 aliphatic carbocycles. The van der Waals surface area contributed by atoms with Crippen molar-refractivity contribution in [2.45, 2.75) is 374 Å². The summed E-state index contributed by atoms with van der Waals surface area (Å²) in [5.74, 6) is -0.855. The molecule has 0 heterocycles. The number of hydrogen-bond donors (Lipinski definition) is 0. The number of carbonyl (C=O) groups is 3. The number of carbonyl (C=O) groups excluding carboxylic acids is 3. The van der Waals surface area contributed by atoms with Crippen molar-refractivity contribution in [3.63, 3.8) is 0 Å². The monoisotopic (exact) mass is 1050 g/mol. The Labute approximate surface area is 467 Å². The second kappa shape index (κ2) is 64.2. The van der Waals surface area contributed by atoms with Gasteiger partial charge in [0.1, 0.15) is 13.2 Å². The van der Waals surface area contributed by atoms with Gasteiger partial charge >= 0.3 is 17.9 Å². The summed E-state index contributed by atoms with van der Waals surface area (Å²) in [6.07, 6.45) is 78.9. The normalized spacial score (nSPS) is 12.2. The Morgan fingerprint density at radius 2 is 0.480 bits per heavy atom. The van der Waals surface area contributed by atoms with Gasteiger partial charge in [-0.2, -0.15) is 0 Å². The first kappa shape index (κ1) is 72.6. The average Bonchev–Trinajstić information content (AvgIpc) is 3.41. The third-order valence-corrected chi connectivity index (χ3v) is 15.1. The van der Waals surface area contributed by atoms with E-state index < -0.39 is 6.10 Å². The van der Waals surface area contributed by atoms with Crippen LogP contribution in [0.1, 0.15) is 367 Å². The predicted octanol–water partition coefficient (Wildman–Crippen LogP) is 22.8. The van der Waals surface area contributed by atoms with Crippen LogP contribution in [0.3, 0.4) is 0 Å². The Bertz CT molecular complexity index is 1250. The molecule has 0 saturated carbocycles. The van der Waals surface area contributed by atoms with Gasteiger partial charge < -0.3 is 14.2 Å². The number of ether oxygens (including phenoxy) is 3. The summed E-state index contributed by atoms with van der Waals surface area (Å²) in [7, 11) is 0. The van der Waals surface area contributed by atoms with E-state index in [4.69, 9.17) is 14.2 Å². The fourth-order valence-electron chi connectivity index (χ4n) is 10.1. The van der Waals surface area contributed by atoms with Gasteiger partial charge in [-0.05, 0) is 77.0 Å². The van der Waals surface area contributed by atoms with E-state index in [1.807, 2.05) is 0 Å². The molecule has 0 N–H and O–H groups in total. The predicted molar refractivity (Wildman–Crippen MR) is 326 cm³/mol. The standard InChI is InChI=1S/C69H128O6/c1-4-7-10-13-16-19-22-25-27-28-29-30-31-32-33-34-35-36-37-38-39-40-41-42-43-45-47-50-53-56-59-62-68(71)74-65-66(64-73-67(70)61-58-55-52-49-46-24-21-18-15-12-9-6-3)75-69(72)63-60-57-54-51-48-44-26-23-20-17-14-11-8-5-2/h22-23,25-26,28-29,66H,4-21,24,27,30-65H2,1-3H3/b25-22-,26-23-,29-28-. The molecule has 0 spiro atoms. The molecule has 6 nitrogen and oxygen atoms in total. The van der Waals surface area contributed by atoms with Crippen molar-refractivity contribution in [1.82, 2.24) is 0 Å². The van der Waals surface area contributed by atoms with Crippen molar-refractivity contribution in [1.29, 1.82) is 0 Å². The lowest BCUT2D eigenvalue weighted by atomic mass is 10.0. The van der Waals surface area contributed by atoms with Crippen LogP contribution in [0.5, 0.6) is 0 Å². The van der Waals surface area contributed by atoms with E-state index in [1.165, 1.54) is 257 Å². The maximum atomic E-state index is 12.9. The largest absolute Gasteiger partial charge is 0.462 e.